The molecular formula is C20H20ClN5. The summed E-state index contributed by atoms with van der Waals surface area (Å²) in [5.41, 5.74) is 2.68. The molecule has 1 aromatic carbocycles. The Hall–Kier alpha value is -2.66. The molecule has 132 valence electrons. The Balaban J connectivity index is 1.67. The van der Waals surface area contributed by atoms with Crippen molar-refractivity contribution in [3.63, 3.8) is 0 Å². The monoisotopic (exact) mass is 365 g/mol. The second kappa shape index (κ2) is 7.70. The number of anilines is 3. The summed E-state index contributed by atoms with van der Waals surface area (Å²) in [6.07, 6.45) is 8.41. The van der Waals surface area contributed by atoms with Gasteiger partial charge >= 0.3 is 0 Å². The van der Waals surface area contributed by atoms with Gasteiger partial charge in [0.05, 0.1) is 5.69 Å². The molecule has 1 aliphatic rings. The minimum absolute atomic E-state index is 0.443. The van der Waals surface area contributed by atoms with Crippen LogP contribution in [0.5, 0.6) is 0 Å². The lowest BCUT2D eigenvalue weighted by Gasteiger charge is -2.15. The quantitative estimate of drug-likeness (QED) is 0.643. The summed E-state index contributed by atoms with van der Waals surface area (Å²) >= 11 is 6.09. The van der Waals surface area contributed by atoms with Crippen LogP contribution in [-0.4, -0.2) is 21.0 Å². The molecule has 0 bridgehead atoms. The maximum absolute atomic E-state index is 6.09. The van der Waals surface area contributed by atoms with Gasteiger partial charge in [-0.25, -0.2) is 4.98 Å². The van der Waals surface area contributed by atoms with Crippen molar-refractivity contribution in [1.82, 2.24) is 15.0 Å². The molecule has 5 nitrogen and oxygen atoms in total. The van der Waals surface area contributed by atoms with Crippen LogP contribution in [0.2, 0.25) is 5.02 Å². The first-order valence-electron chi connectivity index (χ1n) is 8.85. The van der Waals surface area contributed by atoms with E-state index in [1.54, 1.807) is 6.20 Å². The molecule has 2 aromatic heterocycles. The van der Waals surface area contributed by atoms with Gasteiger partial charge in [0.1, 0.15) is 5.82 Å². The van der Waals surface area contributed by atoms with Crippen LogP contribution in [0.3, 0.4) is 0 Å². The van der Waals surface area contributed by atoms with Gasteiger partial charge in [-0.3, -0.25) is 4.98 Å². The van der Waals surface area contributed by atoms with Crippen LogP contribution in [-0.2, 0) is 0 Å². The van der Waals surface area contributed by atoms with Crippen molar-refractivity contribution in [2.45, 2.75) is 31.7 Å². The lowest BCUT2D eigenvalue weighted by molar-refractivity contribution is 0.744. The van der Waals surface area contributed by atoms with Crippen molar-refractivity contribution < 1.29 is 0 Å². The lowest BCUT2D eigenvalue weighted by atomic mass is 10.2. The third-order valence-corrected chi connectivity index (χ3v) is 4.70. The zero-order valence-electron chi connectivity index (χ0n) is 14.3. The molecule has 1 fully saturated rings. The molecule has 1 saturated carbocycles. The minimum atomic E-state index is 0.443. The van der Waals surface area contributed by atoms with Crippen LogP contribution in [0.4, 0.5) is 17.5 Å². The number of nitrogens with zero attached hydrogens (tertiary/aromatic N) is 3. The number of hydrogen-bond donors (Lipinski definition) is 2. The van der Waals surface area contributed by atoms with Gasteiger partial charge in [-0.1, -0.05) is 30.5 Å². The predicted octanol–water partition coefficient (Wildman–Crippen LogP) is 5.29. The minimum Gasteiger partial charge on any atom is -0.351 e. The fourth-order valence-electron chi connectivity index (χ4n) is 3.20. The molecule has 6 heteroatoms. The topological polar surface area (TPSA) is 62.7 Å². The van der Waals surface area contributed by atoms with Crippen LogP contribution in [0.1, 0.15) is 25.7 Å². The molecule has 2 heterocycles. The molecule has 0 saturated heterocycles. The van der Waals surface area contributed by atoms with Gasteiger partial charge in [-0.05, 0) is 43.2 Å². The normalized spacial score (nSPS) is 14.3. The summed E-state index contributed by atoms with van der Waals surface area (Å²) in [7, 11) is 0. The molecule has 0 amide bonds. The van der Waals surface area contributed by atoms with Crippen molar-refractivity contribution in [3.8, 4) is 11.3 Å². The summed E-state index contributed by atoms with van der Waals surface area (Å²) in [6.45, 7) is 0. The van der Waals surface area contributed by atoms with Crippen molar-refractivity contribution in [2.24, 2.45) is 0 Å². The van der Waals surface area contributed by atoms with Crippen LogP contribution >= 0.6 is 11.6 Å². The van der Waals surface area contributed by atoms with E-state index in [9.17, 15) is 0 Å². The standard InChI is InChI=1S/C20H20ClN5/c21-15-6-3-9-17(11-15)23-19-12-18(14-5-4-10-22-13-14)25-20(26-19)24-16-7-1-2-8-16/h3-6,9-13,16H,1-2,7-8H2,(H2,23,24,25,26). The van der Waals surface area contributed by atoms with E-state index < -0.39 is 0 Å². The Morgan fingerprint density at radius 3 is 2.65 bits per heavy atom. The number of rotatable bonds is 5. The Kier molecular flexibility index (Phi) is 4.97. The SMILES string of the molecule is Clc1cccc(Nc2cc(-c3cccnc3)nc(NC3CCCC3)n2)c1. The average Bonchev–Trinajstić information content (AvgIpc) is 3.15. The van der Waals surface area contributed by atoms with Crippen molar-refractivity contribution in [2.75, 3.05) is 10.6 Å². The second-order valence-corrected chi connectivity index (χ2v) is 6.90. The van der Waals surface area contributed by atoms with Gasteiger partial charge in [0.25, 0.3) is 0 Å². The first kappa shape index (κ1) is 16.8. The second-order valence-electron chi connectivity index (χ2n) is 6.46. The molecule has 0 radical (unpaired) electrons. The van der Waals surface area contributed by atoms with Crippen LogP contribution in [0.15, 0.2) is 54.9 Å². The molecule has 2 N–H and O–H groups in total. The molecule has 3 aromatic rings. The molecule has 0 spiro atoms. The molecule has 0 atom stereocenters. The maximum atomic E-state index is 6.09. The highest BCUT2D eigenvalue weighted by atomic mass is 35.5. The predicted molar refractivity (Wildman–Crippen MR) is 106 cm³/mol. The fourth-order valence-corrected chi connectivity index (χ4v) is 3.40. The number of hydrogen-bond acceptors (Lipinski definition) is 5. The summed E-state index contributed by atoms with van der Waals surface area (Å²) in [5, 5.41) is 7.49. The summed E-state index contributed by atoms with van der Waals surface area (Å²) < 4.78 is 0. The Morgan fingerprint density at radius 1 is 1.00 bits per heavy atom. The van der Waals surface area contributed by atoms with E-state index in [4.69, 9.17) is 16.6 Å². The van der Waals surface area contributed by atoms with Crippen LogP contribution in [0.25, 0.3) is 11.3 Å². The van der Waals surface area contributed by atoms with E-state index in [1.807, 2.05) is 48.7 Å². The Morgan fingerprint density at radius 2 is 1.88 bits per heavy atom. The third kappa shape index (κ3) is 4.11. The van der Waals surface area contributed by atoms with Gasteiger partial charge in [0.15, 0.2) is 0 Å². The maximum Gasteiger partial charge on any atom is 0.225 e. The Labute approximate surface area is 157 Å². The summed E-state index contributed by atoms with van der Waals surface area (Å²) in [6, 6.07) is 13.9. The highest BCUT2D eigenvalue weighted by Gasteiger charge is 2.17. The highest BCUT2D eigenvalue weighted by molar-refractivity contribution is 6.30. The van der Waals surface area contributed by atoms with Gasteiger partial charge in [-0.15, -0.1) is 0 Å². The van der Waals surface area contributed by atoms with Gasteiger partial charge in [-0.2, -0.15) is 4.98 Å². The van der Waals surface area contributed by atoms with E-state index in [-0.39, 0.29) is 0 Å². The van der Waals surface area contributed by atoms with E-state index in [1.165, 1.54) is 12.8 Å². The smallest absolute Gasteiger partial charge is 0.225 e. The number of pyridine rings is 1. The molecule has 1 aliphatic carbocycles. The first-order chi connectivity index (χ1) is 12.8. The average molecular weight is 366 g/mol. The summed E-state index contributed by atoms with van der Waals surface area (Å²) in [5.74, 6) is 1.37. The van der Waals surface area contributed by atoms with E-state index in [0.717, 1.165) is 35.6 Å². The van der Waals surface area contributed by atoms with Crippen molar-refractivity contribution in [3.05, 3.63) is 59.9 Å². The number of halogens is 1. The third-order valence-electron chi connectivity index (χ3n) is 4.47. The molecule has 0 unspecified atom stereocenters. The number of aromatic nitrogens is 3. The van der Waals surface area contributed by atoms with E-state index in [2.05, 4.69) is 20.6 Å². The first-order valence-corrected chi connectivity index (χ1v) is 9.23. The van der Waals surface area contributed by atoms with E-state index >= 15 is 0 Å². The van der Waals surface area contributed by atoms with Crippen LogP contribution in [0, 0.1) is 0 Å². The summed E-state index contributed by atoms with van der Waals surface area (Å²) in [4.78, 5) is 13.5. The largest absolute Gasteiger partial charge is 0.351 e. The van der Waals surface area contributed by atoms with Gasteiger partial charge in [0.2, 0.25) is 5.95 Å². The zero-order chi connectivity index (χ0) is 17.8. The van der Waals surface area contributed by atoms with Gasteiger partial charge in [0, 0.05) is 40.8 Å². The highest BCUT2D eigenvalue weighted by Crippen LogP contribution is 2.26. The molecular weight excluding hydrogens is 346 g/mol. The lowest BCUT2D eigenvalue weighted by Crippen LogP contribution is -2.17. The zero-order valence-corrected chi connectivity index (χ0v) is 15.1. The number of nitrogens with one attached hydrogen (secondary N) is 2. The van der Waals surface area contributed by atoms with E-state index in [0.29, 0.717) is 17.0 Å². The molecule has 26 heavy (non-hydrogen) atoms. The Bertz CT molecular complexity index is 878. The van der Waals surface area contributed by atoms with Crippen molar-refractivity contribution in [1.29, 1.82) is 0 Å². The van der Waals surface area contributed by atoms with Crippen molar-refractivity contribution >= 4 is 29.1 Å². The number of benzene rings is 1. The molecule has 0 aliphatic heterocycles. The van der Waals surface area contributed by atoms with Crippen LogP contribution < -0.4 is 10.6 Å². The van der Waals surface area contributed by atoms with Gasteiger partial charge < -0.3 is 10.6 Å². The molecule has 4 rings (SSSR count). The fraction of sp³-hybridized carbons (Fsp3) is 0.250.